The molecule has 0 aromatic heterocycles. The highest BCUT2D eigenvalue weighted by molar-refractivity contribution is 5.78. The molecular weight excluding hydrogens is 195 g/mol. The monoisotopic (exact) mass is 216 g/mol. The third kappa shape index (κ3) is 4.60. The Hall–Kier alpha value is -0.640. The minimum atomic E-state index is -0.221. The van der Waals surface area contributed by atoms with Gasteiger partial charge in [0.2, 0.25) is 5.91 Å². The van der Waals surface area contributed by atoms with Crippen LogP contribution in [0.1, 0.15) is 25.7 Å². The molecule has 0 spiro atoms. The molecule has 1 rings (SSSR count). The summed E-state index contributed by atoms with van der Waals surface area (Å²) in [5.41, 5.74) is 0. The first-order valence-electron chi connectivity index (χ1n) is 5.76. The predicted molar refractivity (Wildman–Crippen MR) is 58.5 cm³/mol. The molecular formula is C11H21FN2O. The predicted octanol–water partition coefficient (Wildman–Crippen LogP) is 1.29. The Balaban J connectivity index is 2.20. The van der Waals surface area contributed by atoms with Crippen molar-refractivity contribution in [3.63, 3.8) is 0 Å². The number of halogens is 1. The Labute approximate surface area is 91.2 Å². The average molecular weight is 216 g/mol. The molecule has 0 aromatic carbocycles. The minimum absolute atomic E-state index is 0.206. The molecule has 0 saturated carbocycles. The second-order valence-corrected chi connectivity index (χ2v) is 4.19. The van der Waals surface area contributed by atoms with E-state index in [-0.39, 0.29) is 12.6 Å². The average Bonchev–Trinajstić information content (AvgIpc) is 2.37. The molecule has 0 aliphatic carbocycles. The number of hydrogen-bond acceptors (Lipinski definition) is 2. The highest BCUT2D eigenvalue weighted by Crippen LogP contribution is 2.05. The summed E-state index contributed by atoms with van der Waals surface area (Å²) >= 11 is 0. The van der Waals surface area contributed by atoms with Crippen LogP contribution in [0.2, 0.25) is 0 Å². The zero-order valence-electron chi connectivity index (χ0n) is 9.54. The lowest BCUT2D eigenvalue weighted by Crippen LogP contribution is -2.34. The van der Waals surface area contributed by atoms with Crippen molar-refractivity contribution in [2.45, 2.75) is 25.7 Å². The zero-order valence-corrected chi connectivity index (χ0v) is 9.54. The van der Waals surface area contributed by atoms with Crippen molar-refractivity contribution in [2.24, 2.45) is 0 Å². The van der Waals surface area contributed by atoms with Gasteiger partial charge in [0, 0.05) is 20.1 Å². The summed E-state index contributed by atoms with van der Waals surface area (Å²) in [5.74, 6) is 0.206. The Morgan fingerprint density at radius 3 is 2.80 bits per heavy atom. The Morgan fingerprint density at radius 2 is 2.07 bits per heavy atom. The number of carbonyl (C=O) groups is 1. The van der Waals surface area contributed by atoms with Crippen LogP contribution in [-0.2, 0) is 4.79 Å². The number of alkyl halides is 1. The standard InChI is InChI=1S/C11H21FN2O/c1-13-7-5-9-14(10-11(13)15)8-4-2-3-6-12/h2-10H2,1H3. The van der Waals surface area contributed by atoms with E-state index in [1.165, 1.54) is 0 Å². The summed E-state index contributed by atoms with van der Waals surface area (Å²) in [6, 6.07) is 0. The van der Waals surface area contributed by atoms with Crippen LogP contribution in [0.4, 0.5) is 4.39 Å². The molecule has 0 N–H and O–H groups in total. The van der Waals surface area contributed by atoms with E-state index in [1.54, 1.807) is 4.90 Å². The van der Waals surface area contributed by atoms with Crippen molar-refractivity contribution in [2.75, 3.05) is 39.9 Å². The Kier molecular flexibility index (Phi) is 5.61. The van der Waals surface area contributed by atoms with Gasteiger partial charge in [0.05, 0.1) is 13.2 Å². The van der Waals surface area contributed by atoms with Gasteiger partial charge in [0.15, 0.2) is 0 Å². The lowest BCUT2D eigenvalue weighted by atomic mass is 10.2. The Morgan fingerprint density at radius 1 is 1.27 bits per heavy atom. The maximum atomic E-state index is 11.9. The fourth-order valence-corrected chi connectivity index (χ4v) is 1.84. The summed E-state index contributed by atoms with van der Waals surface area (Å²) < 4.78 is 11.9. The summed E-state index contributed by atoms with van der Waals surface area (Å²) in [4.78, 5) is 15.5. The zero-order chi connectivity index (χ0) is 11.1. The van der Waals surface area contributed by atoms with Gasteiger partial charge in [-0.25, -0.2) is 0 Å². The van der Waals surface area contributed by atoms with Gasteiger partial charge in [-0.1, -0.05) is 0 Å². The van der Waals surface area contributed by atoms with Crippen molar-refractivity contribution >= 4 is 5.91 Å². The van der Waals surface area contributed by atoms with Crippen molar-refractivity contribution in [3.05, 3.63) is 0 Å². The molecule has 1 aliphatic heterocycles. The first kappa shape index (κ1) is 12.4. The van der Waals surface area contributed by atoms with E-state index in [4.69, 9.17) is 0 Å². The van der Waals surface area contributed by atoms with Crippen LogP contribution in [0, 0.1) is 0 Å². The molecule has 0 bridgehead atoms. The smallest absolute Gasteiger partial charge is 0.236 e. The number of hydrogen-bond donors (Lipinski definition) is 0. The first-order chi connectivity index (χ1) is 7.24. The third-order valence-electron chi connectivity index (χ3n) is 2.86. The van der Waals surface area contributed by atoms with Crippen molar-refractivity contribution in [1.29, 1.82) is 0 Å². The van der Waals surface area contributed by atoms with E-state index in [0.29, 0.717) is 13.0 Å². The minimum Gasteiger partial charge on any atom is -0.345 e. The SMILES string of the molecule is CN1CCCN(CCCCCF)CC1=O. The highest BCUT2D eigenvalue weighted by Gasteiger charge is 2.17. The number of likely N-dealkylation sites (N-methyl/N-ethyl adjacent to an activating group) is 1. The molecule has 1 amide bonds. The molecule has 88 valence electrons. The molecule has 1 aliphatic rings. The van der Waals surface area contributed by atoms with E-state index in [2.05, 4.69) is 4.90 Å². The van der Waals surface area contributed by atoms with E-state index < -0.39 is 0 Å². The fraction of sp³-hybridized carbons (Fsp3) is 0.909. The van der Waals surface area contributed by atoms with E-state index in [0.717, 1.165) is 38.9 Å². The van der Waals surface area contributed by atoms with Crippen molar-refractivity contribution < 1.29 is 9.18 Å². The molecule has 0 unspecified atom stereocenters. The first-order valence-corrected chi connectivity index (χ1v) is 5.76. The van der Waals surface area contributed by atoms with Crippen molar-refractivity contribution in [3.8, 4) is 0 Å². The van der Waals surface area contributed by atoms with E-state index in [1.807, 2.05) is 7.05 Å². The van der Waals surface area contributed by atoms with Gasteiger partial charge in [-0.2, -0.15) is 0 Å². The molecule has 1 saturated heterocycles. The number of amides is 1. The van der Waals surface area contributed by atoms with E-state index in [9.17, 15) is 9.18 Å². The molecule has 3 nitrogen and oxygen atoms in total. The van der Waals surface area contributed by atoms with Crippen LogP contribution in [0.3, 0.4) is 0 Å². The van der Waals surface area contributed by atoms with Gasteiger partial charge in [-0.05, 0) is 32.2 Å². The number of nitrogens with zero attached hydrogens (tertiary/aromatic N) is 2. The molecule has 0 aromatic rings. The van der Waals surface area contributed by atoms with Crippen LogP contribution in [0.15, 0.2) is 0 Å². The van der Waals surface area contributed by atoms with Gasteiger partial charge in [0.25, 0.3) is 0 Å². The second kappa shape index (κ2) is 6.77. The molecule has 4 heteroatoms. The van der Waals surface area contributed by atoms with Gasteiger partial charge >= 0.3 is 0 Å². The number of unbranched alkanes of at least 4 members (excludes halogenated alkanes) is 2. The largest absolute Gasteiger partial charge is 0.345 e. The van der Waals surface area contributed by atoms with Crippen LogP contribution in [-0.4, -0.2) is 55.6 Å². The normalized spacial score (nSPS) is 19.3. The van der Waals surface area contributed by atoms with Crippen molar-refractivity contribution in [1.82, 2.24) is 9.80 Å². The third-order valence-corrected chi connectivity index (χ3v) is 2.86. The quantitative estimate of drug-likeness (QED) is 0.647. The summed E-state index contributed by atoms with van der Waals surface area (Å²) in [5, 5.41) is 0. The second-order valence-electron chi connectivity index (χ2n) is 4.19. The maximum absolute atomic E-state index is 11.9. The Bertz CT molecular complexity index is 199. The highest BCUT2D eigenvalue weighted by atomic mass is 19.1. The van der Waals surface area contributed by atoms with Gasteiger partial charge in [-0.15, -0.1) is 0 Å². The lowest BCUT2D eigenvalue weighted by molar-refractivity contribution is -0.129. The molecule has 1 fully saturated rings. The van der Waals surface area contributed by atoms with Crippen LogP contribution < -0.4 is 0 Å². The van der Waals surface area contributed by atoms with Crippen LogP contribution >= 0.6 is 0 Å². The van der Waals surface area contributed by atoms with Crippen LogP contribution in [0.25, 0.3) is 0 Å². The van der Waals surface area contributed by atoms with E-state index >= 15 is 0 Å². The topological polar surface area (TPSA) is 23.6 Å². The summed E-state index contributed by atoms with van der Waals surface area (Å²) in [6.45, 7) is 3.10. The molecule has 0 radical (unpaired) electrons. The fourth-order valence-electron chi connectivity index (χ4n) is 1.84. The maximum Gasteiger partial charge on any atom is 0.236 e. The molecule has 1 heterocycles. The molecule has 0 atom stereocenters. The van der Waals surface area contributed by atoms with Gasteiger partial charge in [-0.3, -0.25) is 14.1 Å². The lowest BCUT2D eigenvalue weighted by Gasteiger charge is -2.18. The summed E-state index contributed by atoms with van der Waals surface area (Å²) in [6.07, 6.45) is 3.63. The van der Waals surface area contributed by atoms with Crippen LogP contribution in [0.5, 0.6) is 0 Å². The number of rotatable bonds is 5. The molecule has 15 heavy (non-hydrogen) atoms. The van der Waals surface area contributed by atoms with Gasteiger partial charge < -0.3 is 4.90 Å². The summed E-state index contributed by atoms with van der Waals surface area (Å²) in [7, 11) is 1.86. The van der Waals surface area contributed by atoms with Gasteiger partial charge in [0.1, 0.15) is 0 Å². The number of carbonyl (C=O) groups excluding carboxylic acids is 1.